The van der Waals surface area contributed by atoms with E-state index >= 15 is 0 Å². The third-order valence-electron chi connectivity index (χ3n) is 4.21. The number of hydrogen-bond donors (Lipinski definition) is 0. The molecule has 1 aromatic heterocycles. The number of rotatable bonds is 4. The molecule has 0 N–H and O–H groups in total. The van der Waals surface area contributed by atoms with E-state index < -0.39 is 11.6 Å². The fraction of sp³-hybridized carbons (Fsp3) is 0.0952. The van der Waals surface area contributed by atoms with Gasteiger partial charge in [-0.3, -0.25) is 4.79 Å². The average Bonchev–Trinajstić information content (AvgIpc) is 3.15. The van der Waals surface area contributed by atoms with Gasteiger partial charge >= 0.3 is 5.97 Å². The zero-order chi connectivity index (χ0) is 18.9. The minimum absolute atomic E-state index is 0.160. The van der Waals surface area contributed by atoms with Crippen molar-refractivity contribution in [3.8, 4) is 5.75 Å². The molecule has 5 nitrogen and oxygen atoms in total. The number of methoxy groups -OCH3 is 1. The quantitative estimate of drug-likeness (QED) is 0.642. The summed E-state index contributed by atoms with van der Waals surface area (Å²) in [6.07, 6.45) is 5.95. The van der Waals surface area contributed by atoms with Crippen molar-refractivity contribution in [1.82, 2.24) is 4.98 Å². The Labute approximate surface area is 159 Å². The van der Waals surface area contributed by atoms with Crippen molar-refractivity contribution in [1.29, 1.82) is 0 Å². The third kappa shape index (κ3) is 3.27. The van der Waals surface area contributed by atoms with Crippen LogP contribution in [0.3, 0.4) is 0 Å². The predicted octanol–water partition coefficient (Wildman–Crippen LogP) is 4.05. The number of allylic oxidation sites excluding steroid dienone is 2. The van der Waals surface area contributed by atoms with Gasteiger partial charge in [0.2, 0.25) is 5.60 Å². The number of benzene rings is 2. The van der Waals surface area contributed by atoms with E-state index in [4.69, 9.17) is 9.47 Å². The van der Waals surface area contributed by atoms with E-state index in [1.54, 1.807) is 43.5 Å². The number of carbonyl (C=O) groups excluding carboxylic acids is 2. The summed E-state index contributed by atoms with van der Waals surface area (Å²) < 4.78 is 11.9. The molecule has 2 aromatic carbocycles. The first-order chi connectivity index (χ1) is 13.1. The van der Waals surface area contributed by atoms with Gasteiger partial charge < -0.3 is 9.47 Å². The van der Waals surface area contributed by atoms with Gasteiger partial charge in [0, 0.05) is 0 Å². The number of aromatic nitrogens is 1. The first kappa shape index (κ1) is 17.2. The number of fused-ring (bicyclic) bond motifs is 1. The molecule has 0 saturated carbocycles. The molecular formula is C21H15NO4S. The molecule has 6 heteroatoms. The third-order valence-corrected chi connectivity index (χ3v) is 5.37. The lowest BCUT2D eigenvalue weighted by Gasteiger charge is -2.26. The molecule has 1 aliphatic rings. The highest BCUT2D eigenvalue weighted by Gasteiger charge is 2.37. The molecule has 0 radical (unpaired) electrons. The van der Waals surface area contributed by atoms with Gasteiger partial charge in [-0.05, 0) is 60.7 Å². The number of esters is 1. The van der Waals surface area contributed by atoms with Crippen molar-refractivity contribution < 1.29 is 19.1 Å². The van der Waals surface area contributed by atoms with Gasteiger partial charge in [0.25, 0.3) is 0 Å². The molecule has 1 heterocycles. The summed E-state index contributed by atoms with van der Waals surface area (Å²) in [4.78, 5) is 29.0. The first-order valence-corrected chi connectivity index (χ1v) is 9.07. The van der Waals surface area contributed by atoms with E-state index in [0.717, 1.165) is 10.2 Å². The van der Waals surface area contributed by atoms with E-state index in [1.165, 1.54) is 23.5 Å². The molecule has 27 heavy (non-hydrogen) atoms. The van der Waals surface area contributed by atoms with Gasteiger partial charge in [0.1, 0.15) is 10.8 Å². The number of thiazole rings is 1. The molecule has 3 aromatic rings. The summed E-state index contributed by atoms with van der Waals surface area (Å²) >= 11 is 1.42. The molecule has 0 atom stereocenters. The second-order valence-corrected chi connectivity index (χ2v) is 7.00. The second-order valence-electron chi connectivity index (χ2n) is 5.97. The Morgan fingerprint density at radius 2 is 1.74 bits per heavy atom. The summed E-state index contributed by atoms with van der Waals surface area (Å²) in [5.41, 5.74) is -0.0136. The molecule has 0 unspecified atom stereocenters. The van der Waals surface area contributed by atoms with E-state index in [0.29, 0.717) is 16.3 Å². The number of para-hydroxylation sites is 1. The molecular weight excluding hydrogens is 362 g/mol. The highest BCUT2D eigenvalue weighted by atomic mass is 32.1. The molecule has 134 valence electrons. The number of ether oxygens (including phenoxy) is 2. The summed E-state index contributed by atoms with van der Waals surface area (Å²) in [5, 5.41) is 0.588. The zero-order valence-corrected chi connectivity index (χ0v) is 15.2. The molecule has 0 spiro atoms. The maximum absolute atomic E-state index is 12.7. The number of ketones is 1. The highest BCUT2D eigenvalue weighted by molar-refractivity contribution is 7.18. The standard InChI is InChI=1S/C21H15NO4S/c1-25-16-8-6-14(7-9-16)19(24)26-21(12-10-15(23)11-13-21)20-22-17-4-2-3-5-18(17)27-20/h2-13H,1H3. The maximum atomic E-state index is 12.7. The van der Waals surface area contributed by atoms with E-state index in [1.807, 2.05) is 24.3 Å². The van der Waals surface area contributed by atoms with E-state index in [9.17, 15) is 9.59 Å². The van der Waals surface area contributed by atoms with Gasteiger partial charge in [-0.15, -0.1) is 11.3 Å². The minimum atomic E-state index is -1.21. The van der Waals surface area contributed by atoms with Crippen LogP contribution in [0.4, 0.5) is 0 Å². The fourth-order valence-corrected chi connectivity index (χ4v) is 3.81. The molecule has 0 fully saturated rings. The summed E-state index contributed by atoms with van der Waals surface area (Å²) in [6.45, 7) is 0. The minimum Gasteiger partial charge on any atom is -0.497 e. The second kappa shape index (κ2) is 6.81. The van der Waals surface area contributed by atoms with Crippen LogP contribution in [0.15, 0.2) is 72.8 Å². The first-order valence-electron chi connectivity index (χ1n) is 8.25. The lowest BCUT2D eigenvalue weighted by atomic mass is 9.97. The Morgan fingerprint density at radius 3 is 2.41 bits per heavy atom. The van der Waals surface area contributed by atoms with Gasteiger partial charge in [0.15, 0.2) is 5.78 Å². The number of carbonyl (C=O) groups is 2. The molecule has 0 amide bonds. The van der Waals surface area contributed by atoms with Gasteiger partial charge in [-0.2, -0.15) is 0 Å². The van der Waals surface area contributed by atoms with Crippen molar-refractivity contribution >= 4 is 33.3 Å². The van der Waals surface area contributed by atoms with Crippen molar-refractivity contribution in [3.05, 3.63) is 83.4 Å². The Kier molecular flexibility index (Phi) is 4.33. The van der Waals surface area contributed by atoms with Crippen molar-refractivity contribution in [2.45, 2.75) is 5.60 Å². The topological polar surface area (TPSA) is 65.5 Å². The van der Waals surface area contributed by atoms with Gasteiger partial charge in [-0.1, -0.05) is 12.1 Å². The summed E-state index contributed by atoms with van der Waals surface area (Å²) in [5.74, 6) is -0.0247. The Balaban J connectivity index is 1.72. The largest absolute Gasteiger partial charge is 0.497 e. The van der Waals surface area contributed by atoms with E-state index in [-0.39, 0.29) is 5.78 Å². The lowest BCUT2D eigenvalue weighted by Crippen LogP contribution is -2.30. The number of nitrogens with zero attached hydrogens (tertiary/aromatic N) is 1. The van der Waals surface area contributed by atoms with Crippen LogP contribution in [0, 0.1) is 0 Å². The molecule has 4 rings (SSSR count). The van der Waals surface area contributed by atoms with Crippen molar-refractivity contribution in [2.75, 3.05) is 7.11 Å². The normalized spacial score (nSPS) is 15.1. The van der Waals surface area contributed by atoms with Crippen LogP contribution in [0.2, 0.25) is 0 Å². The Bertz CT molecular complexity index is 1030. The average molecular weight is 377 g/mol. The van der Waals surface area contributed by atoms with Crippen LogP contribution in [0.5, 0.6) is 5.75 Å². The van der Waals surface area contributed by atoms with Crippen LogP contribution in [0.25, 0.3) is 10.2 Å². The zero-order valence-electron chi connectivity index (χ0n) is 14.4. The van der Waals surface area contributed by atoms with Crippen LogP contribution in [-0.2, 0) is 15.1 Å². The van der Waals surface area contributed by atoms with Crippen molar-refractivity contribution in [2.24, 2.45) is 0 Å². The Hall–Kier alpha value is -3.25. The molecule has 1 aliphatic carbocycles. The monoisotopic (exact) mass is 377 g/mol. The van der Waals surface area contributed by atoms with Gasteiger partial charge in [-0.25, -0.2) is 9.78 Å². The van der Waals surface area contributed by atoms with Gasteiger partial charge in [0.05, 0.1) is 22.9 Å². The Morgan fingerprint density at radius 1 is 1.04 bits per heavy atom. The predicted molar refractivity (Wildman–Crippen MR) is 103 cm³/mol. The fourth-order valence-electron chi connectivity index (χ4n) is 2.76. The summed E-state index contributed by atoms with van der Waals surface area (Å²) in [7, 11) is 1.56. The lowest BCUT2D eigenvalue weighted by molar-refractivity contribution is -0.110. The molecule has 0 saturated heterocycles. The number of hydrogen-bond acceptors (Lipinski definition) is 6. The highest BCUT2D eigenvalue weighted by Crippen LogP contribution is 2.37. The van der Waals surface area contributed by atoms with Crippen LogP contribution in [-0.4, -0.2) is 23.8 Å². The SMILES string of the molecule is COc1ccc(C(=O)OC2(c3nc4ccccc4s3)C=CC(=O)C=C2)cc1. The van der Waals surface area contributed by atoms with Crippen molar-refractivity contribution in [3.63, 3.8) is 0 Å². The smallest absolute Gasteiger partial charge is 0.339 e. The maximum Gasteiger partial charge on any atom is 0.339 e. The van der Waals surface area contributed by atoms with Crippen LogP contribution < -0.4 is 4.74 Å². The summed E-state index contributed by atoms with van der Waals surface area (Å²) in [6, 6.07) is 14.3. The van der Waals surface area contributed by atoms with E-state index in [2.05, 4.69) is 4.98 Å². The molecule has 0 bridgehead atoms. The van der Waals surface area contributed by atoms with Crippen LogP contribution in [0.1, 0.15) is 15.4 Å². The van der Waals surface area contributed by atoms with Crippen LogP contribution >= 0.6 is 11.3 Å². The molecule has 0 aliphatic heterocycles.